The average molecular weight is 173 g/mol. The predicted octanol–water partition coefficient (Wildman–Crippen LogP) is 1.46. The van der Waals surface area contributed by atoms with Crippen LogP contribution in [-0.2, 0) is 9.53 Å². The molecule has 0 amide bonds. The minimum absolute atomic E-state index is 0.0371. The normalized spacial score (nSPS) is 13.1. The average Bonchev–Trinajstić information content (AvgIpc) is 2.12. The number of hydrogen-bond donors (Lipinski definition) is 1. The first-order chi connectivity index (χ1) is 5.65. The Morgan fingerprint density at radius 3 is 2.08 bits per heavy atom. The van der Waals surface area contributed by atoms with Crippen LogP contribution in [0.5, 0.6) is 0 Å². The second kappa shape index (κ2) is 6.00. The van der Waals surface area contributed by atoms with Gasteiger partial charge in [0.1, 0.15) is 12.1 Å². The maximum Gasteiger partial charge on any atom is 0.323 e. The van der Waals surface area contributed by atoms with Crippen molar-refractivity contribution in [1.29, 1.82) is 0 Å². The number of nitrogens with two attached hydrogens (primary N) is 1. The minimum atomic E-state index is -0.453. The van der Waals surface area contributed by atoms with Crippen LogP contribution >= 0.6 is 0 Å². The summed E-state index contributed by atoms with van der Waals surface area (Å²) in [7, 11) is 0. The lowest BCUT2D eigenvalue weighted by Gasteiger charge is -2.16. The Hall–Kier alpha value is -0.570. The lowest BCUT2D eigenvalue weighted by molar-refractivity contribution is -0.151. The SMILES string of the molecule is CCC(CC)OC(=O)C(N)CC. The van der Waals surface area contributed by atoms with E-state index in [0.717, 1.165) is 12.8 Å². The molecule has 0 fully saturated rings. The van der Waals surface area contributed by atoms with Gasteiger partial charge in [0.25, 0.3) is 0 Å². The van der Waals surface area contributed by atoms with Crippen LogP contribution in [0, 0.1) is 0 Å². The summed E-state index contributed by atoms with van der Waals surface area (Å²) in [6.07, 6.45) is 2.39. The fourth-order valence-electron chi connectivity index (χ4n) is 0.874. The summed E-state index contributed by atoms with van der Waals surface area (Å²) < 4.78 is 5.14. The Morgan fingerprint density at radius 1 is 1.25 bits per heavy atom. The second-order valence-corrected chi connectivity index (χ2v) is 2.89. The monoisotopic (exact) mass is 173 g/mol. The van der Waals surface area contributed by atoms with E-state index < -0.39 is 6.04 Å². The Bertz CT molecular complexity index is 132. The van der Waals surface area contributed by atoms with Crippen molar-refractivity contribution < 1.29 is 9.53 Å². The molecule has 3 nitrogen and oxygen atoms in total. The van der Waals surface area contributed by atoms with E-state index in [4.69, 9.17) is 10.5 Å². The number of rotatable bonds is 5. The first-order valence-electron chi connectivity index (χ1n) is 4.61. The molecule has 0 aliphatic heterocycles. The molecule has 0 saturated carbocycles. The van der Waals surface area contributed by atoms with Crippen molar-refractivity contribution in [3.63, 3.8) is 0 Å². The van der Waals surface area contributed by atoms with E-state index in [1.54, 1.807) is 0 Å². The molecule has 2 N–H and O–H groups in total. The van der Waals surface area contributed by atoms with Crippen LogP contribution in [0.15, 0.2) is 0 Å². The highest BCUT2D eigenvalue weighted by Gasteiger charge is 2.16. The van der Waals surface area contributed by atoms with Crippen LogP contribution in [0.25, 0.3) is 0 Å². The molecule has 72 valence electrons. The molecule has 0 aliphatic carbocycles. The summed E-state index contributed by atoms with van der Waals surface area (Å²) in [6.45, 7) is 5.87. The molecule has 0 aromatic heterocycles. The Kier molecular flexibility index (Phi) is 5.72. The van der Waals surface area contributed by atoms with Crippen LogP contribution in [0.3, 0.4) is 0 Å². The summed E-state index contributed by atoms with van der Waals surface area (Å²) in [5, 5.41) is 0. The molecular weight excluding hydrogens is 154 g/mol. The number of hydrogen-bond acceptors (Lipinski definition) is 3. The van der Waals surface area contributed by atoms with Crippen molar-refractivity contribution in [2.24, 2.45) is 5.73 Å². The zero-order chi connectivity index (χ0) is 9.56. The van der Waals surface area contributed by atoms with Crippen molar-refractivity contribution in [3.8, 4) is 0 Å². The third-order valence-electron chi connectivity index (χ3n) is 1.94. The van der Waals surface area contributed by atoms with Crippen molar-refractivity contribution in [2.75, 3.05) is 0 Å². The zero-order valence-electron chi connectivity index (χ0n) is 8.17. The summed E-state index contributed by atoms with van der Waals surface area (Å²) >= 11 is 0. The molecule has 0 bridgehead atoms. The predicted molar refractivity (Wildman–Crippen MR) is 48.7 cm³/mol. The van der Waals surface area contributed by atoms with Gasteiger partial charge in [-0.25, -0.2) is 0 Å². The standard InChI is InChI=1S/C9H19NO2/c1-4-7(5-2)12-9(11)8(10)6-3/h7-8H,4-6,10H2,1-3H3. The first-order valence-corrected chi connectivity index (χ1v) is 4.61. The second-order valence-electron chi connectivity index (χ2n) is 2.89. The molecule has 0 aromatic carbocycles. The molecular formula is C9H19NO2. The fraction of sp³-hybridized carbons (Fsp3) is 0.889. The molecule has 0 saturated heterocycles. The van der Waals surface area contributed by atoms with Gasteiger partial charge in [-0.05, 0) is 19.3 Å². The molecule has 1 atom stereocenters. The van der Waals surface area contributed by atoms with Gasteiger partial charge in [0.05, 0.1) is 0 Å². The van der Waals surface area contributed by atoms with Crippen molar-refractivity contribution >= 4 is 5.97 Å². The Balaban J connectivity index is 3.81. The van der Waals surface area contributed by atoms with Gasteiger partial charge in [0.2, 0.25) is 0 Å². The van der Waals surface area contributed by atoms with Crippen LogP contribution in [0.1, 0.15) is 40.0 Å². The third kappa shape index (κ3) is 3.72. The summed E-state index contributed by atoms with van der Waals surface area (Å²) in [6, 6.07) is -0.453. The number of esters is 1. The third-order valence-corrected chi connectivity index (χ3v) is 1.94. The summed E-state index contributed by atoms with van der Waals surface area (Å²) in [5.41, 5.74) is 5.50. The van der Waals surface area contributed by atoms with Gasteiger partial charge < -0.3 is 10.5 Å². The number of ether oxygens (including phenoxy) is 1. The molecule has 0 aromatic rings. The fourth-order valence-corrected chi connectivity index (χ4v) is 0.874. The summed E-state index contributed by atoms with van der Waals surface area (Å²) in [5.74, 6) is -0.272. The highest BCUT2D eigenvalue weighted by Crippen LogP contribution is 2.04. The van der Waals surface area contributed by atoms with Gasteiger partial charge in [0, 0.05) is 0 Å². The lowest BCUT2D eigenvalue weighted by Crippen LogP contribution is -2.34. The molecule has 0 spiro atoms. The van der Waals surface area contributed by atoms with Crippen LogP contribution in [0.4, 0.5) is 0 Å². The van der Waals surface area contributed by atoms with E-state index in [2.05, 4.69) is 0 Å². The molecule has 0 aliphatic rings. The van der Waals surface area contributed by atoms with E-state index in [9.17, 15) is 4.79 Å². The van der Waals surface area contributed by atoms with Gasteiger partial charge in [0.15, 0.2) is 0 Å². The molecule has 1 unspecified atom stereocenters. The van der Waals surface area contributed by atoms with Gasteiger partial charge in [-0.2, -0.15) is 0 Å². The Morgan fingerprint density at radius 2 is 1.75 bits per heavy atom. The van der Waals surface area contributed by atoms with Crippen molar-refractivity contribution in [2.45, 2.75) is 52.2 Å². The van der Waals surface area contributed by atoms with Gasteiger partial charge in [-0.3, -0.25) is 4.79 Å². The van der Waals surface area contributed by atoms with E-state index >= 15 is 0 Å². The maximum atomic E-state index is 11.2. The van der Waals surface area contributed by atoms with E-state index in [-0.39, 0.29) is 12.1 Å². The van der Waals surface area contributed by atoms with E-state index in [1.807, 2.05) is 20.8 Å². The highest BCUT2D eigenvalue weighted by molar-refractivity contribution is 5.75. The molecule has 0 heterocycles. The van der Waals surface area contributed by atoms with E-state index in [0.29, 0.717) is 6.42 Å². The summed E-state index contributed by atoms with van der Waals surface area (Å²) in [4.78, 5) is 11.2. The largest absolute Gasteiger partial charge is 0.461 e. The molecule has 0 radical (unpaired) electrons. The van der Waals surface area contributed by atoms with Gasteiger partial charge in [-0.15, -0.1) is 0 Å². The van der Waals surface area contributed by atoms with Crippen LogP contribution in [0.2, 0.25) is 0 Å². The topological polar surface area (TPSA) is 52.3 Å². The molecule has 12 heavy (non-hydrogen) atoms. The first kappa shape index (κ1) is 11.4. The maximum absolute atomic E-state index is 11.2. The smallest absolute Gasteiger partial charge is 0.323 e. The number of carbonyl (C=O) groups excluding carboxylic acids is 1. The Labute approximate surface area is 74.3 Å². The van der Waals surface area contributed by atoms with Crippen molar-refractivity contribution in [3.05, 3.63) is 0 Å². The van der Waals surface area contributed by atoms with Crippen LogP contribution < -0.4 is 5.73 Å². The lowest BCUT2D eigenvalue weighted by atomic mass is 10.2. The zero-order valence-corrected chi connectivity index (χ0v) is 8.17. The molecule has 0 rings (SSSR count). The number of carbonyl (C=O) groups is 1. The quantitative estimate of drug-likeness (QED) is 0.640. The van der Waals surface area contributed by atoms with Crippen LogP contribution in [-0.4, -0.2) is 18.1 Å². The highest BCUT2D eigenvalue weighted by atomic mass is 16.5. The van der Waals surface area contributed by atoms with E-state index in [1.165, 1.54) is 0 Å². The van der Waals surface area contributed by atoms with Crippen molar-refractivity contribution in [1.82, 2.24) is 0 Å². The molecule has 3 heteroatoms. The van der Waals surface area contributed by atoms with Gasteiger partial charge in [-0.1, -0.05) is 20.8 Å². The minimum Gasteiger partial charge on any atom is -0.461 e. The van der Waals surface area contributed by atoms with Gasteiger partial charge >= 0.3 is 5.97 Å².